The monoisotopic (exact) mass is 462 g/mol. The van der Waals surface area contributed by atoms with Crippen molar-refractivity contribution in [2.45, 2.75) is 13.1 Å². The first-order chi connectivity index (χ1) is 11.0. The average Bonchev–Trinajstić information content (AvgIpc) is 2.99. The van der Waals surface area contributed by atoms with E-state index in [1.54, 1.807) is 19.2 Å². The van der Waals surface area contributed by atoms with E-state index in [4.69, 9.17) is 21.8 Å². The maximum atomic E-state index is 11.0. The Balaban J connectivity index is 0.00000288. The number of primary amides is 1. The molecule has 1 aromatic carbocycles. The summed E-state index contributed by atoms with van der Waals surface area (Å²) in [5.41, 5.74) is 6.17. The summed E-state index contributed by atoms with van der Waals surface area (Å²) in [4.78, 5) is 17.2. The molecule has 0 fully saturated rings. The predicted molar refractivity (Wildman–Crippen MR) is 106 cm³/mol. The van der Waals surface area contributed by atoms with Crippen LogP contribution < -0.4 is 11.1 Å². The first kappa shape index (κ1) is 20.3. The van der Waals surface area contributed by atoms with Crippen LogP contribution in [0.25, 0.3) is 0 Å². The molecule has 6 nitrogen and oxygen atoms in total. The summed E-state index contributed by atoms with van der Waals surface area (Å²) in [5, 5.41) is 3.88. The Morgan fingerprint density at radius 1 is 1.33 bits per heavy atom. The molecule has 2 aromatic rings. The molecular formula is C16H20ClIN4O2. The third-order valence-electron chi connectivity index (χ3n) is 3.26. The zero-order valence-electron chi connectivity index (χ0n) is 13.5. The molecule has 0 atom stereocenters. The predicted octanol–water partition coefficient (Wildman–Crippen LogP) is 2.86. The zero-order chi connectivity index (χ0) is 16.8. The fourth-order valence-corrected chi connectivity index (χ4v) is 2.31. The Morgan fingerprint density at radius 3 is 2.62 bits per heavy atom. The highest BCUT2D eigenvalue weighted by molar-refractivity contribution is 14.0. The van der Waals surface area contributed by atoms with E-state index < -0.39 is 5.91 Å². The lowest BCUT2D eigenvalue weighted by molar-refractivity contribution is 0.0972. The number of nitrogens with zero attached hydrogens (tertiary/aromatic N) is 2. The summed E-state index contributed by atoms with van der Waals surface area (Å²) in [6, 6.07) is 10.9. The molecule has 130 valence electrons. The van der Waals surface area contributed by atoms with Gasteiger partial charge < -0.3 is 20.4 Å². The molecule has 1 heterocycles. The summed E-state index contributed by atoms with van der Waals surface area (Å²) in [5.74, 6) is 0.839. The van der Waals surface area contributed by atoms with Crippen molar-refractivity contribution in [3.63, 3.8) is 0 Å². The number of rotatable bonds is 5. The lowest BCUT2D eigenvalue weighted by atomic mass is 10.2. The molecule has 0 aliphatic carbocycles. The van der Waals surface area contributed by atoms with E-state index in [-0.39, 0.29) is 29.7 Å². The van der Waals surface area contributed by atoms with E-state index in [1.165, 1.54) is 0 Å². The summed E-state index contributed by atoms with van der Waals surface area (Å²) >= 11 is 6.18. The molecule has 24 heavy (non-hydrogen) atoms. The van der Waals surface area contributed by atoms with Crippen LogP contribution in [0.3, 0.4) is 0 Å². The number of hydrogen-bond donors (Lipinski definition) is 2. The molecule has 0 aliphatic rings. The van der Waals surface area contributed by atoms with Crippen LogP contribution in [0.2, 0.25) is 5.02 Å². The van der Waals surface area contributed by atoms with Crippen molar-refractivity contribution < 1.29 is 9.21 Å². The number of carbonyl (C=O) groups excluding carboxylic acids is 1. The summed E-state index contributed by atoms with van der Waals surface area (Å²) < 4.78 is 5.33. The Hall–Kier alpha value is -1.74. The largest absolute Gasteiger partial charge is 0.454 e. The van der Waals surface area contributed by atoms with Gasteiger partial charge in [0.25, 0.3) is 5.91 Å². The molecule has 0 unspecified atom stereocenters. The molecule has 8 heteroatoms. The average molecular weight is 463 g/mol. The van der Waals surface area contributed by atoms with Gasteiger partial charge in [0.05, 0.1) is 6.54 Å². The molecule has 0 saturated heterocycles. The number of nitrogens with one attached hydrogen (secondary N) is 1. The van der Waals surface area contributed by atoms with Crippen molar-refractivity contribution in [1.29, 1.82) is 0 Å². The Labute approximate surface area is 163 Å². The minimum atomic E-state index is -0.587. The first-order valence-corrected chi connectivity index (χ1v) is 7.42. The van der Waals surface area contributed by atoms with E-state index in [1.807, 2.05) is 36.2 Å². The molecule has 1 aromatic heterocycles. The van der Waals surface area contributed by atoms with Crippen LogP contribution in [-0.2, 0) is 13.1 Å². The lowest BCUT2D eigenvalue weighted by Gasteiger charge is -2.22. The van der Waals surface area contributed by atoms with Crippen molar-refractivity contribution in [3.05, 3.63) is 58.5 Å². The highest BCUT2D eigenvalue weighted by Gasteiger charge is 2.11. The van der Waals surface area contributed by atoms with Crippen LogP contribution in [0.4, 0.5) is 0 Å². The van der Waals surface area contributed by atoms with Crippen LogP contribution in [0.1, 0.15) is 21.9 Å². The smallest absolute Gasteiger partial charge is 0.284 e. The topological polar surface area (TPSA) is 83.9 Å². The highest BCUT2D eigenvalue weighted by atomic mass is 127. The third-order valence-corrected chi connectivity index (χ3v) is 3.63. The molecule has 3 N–H and O–H groups in total. The summed E-state index contributed by atoms with van der Waals surface area (Å²) in [7, 11) is 3.61. The van der Waals surface area contributed by atoms with Crippen LogP contribution in [0.5, 0.6) is 0 Å². The van der Waals surface area contributed by atoms with Gasteiger partial charge in [-0.3, -0.25) is 9.79 Å². The van der Waals surface area contributed by atoms with Gasteiger partial charge in [0.1, 0.15) is 5.76 Å². The third kappa shape index (κ3) is 5.41. The molecule has 0 saturated carbocycles. The normalized spacial score (nSPS) is 10.9. The number of halogens is 2. The molecule has 1 amide bonds. The lowest BCUT2D eigenvalue weighted by Crippen LogP contribution is -2.38. The molecule has 0 bridgehead atoms. The van der Waals surface area contributed by atoms with E-state index in [0.29, 0.717) is 29.8 Å². The van der Waals surface area contributed by atoms with Crippen LogP contribution in [0.15, 0.2) is 45.8 Å². The van der Waals surface area contributed by atoms with Crippen LogP contribution >= 0.6 is 35.6 Å². The molecule has 2 rings (SSSR count). The van der Waals surface area contributed by atoms with E-state index in [9.17, 15) is 4.79 Å². The second kappa shape index (κ2) is 9.53. The first-order valence-electron chi connectivity index (χ1n) is 7.05. The van der Waals surface area contributed by atoms with Crippen LogP contribution in [0, 0.1) is 0 Å². The van der Waals surface area contributed by atoms with Gasteiger partial charge in [-0.2, -0.15) is 0 Å². The number of benzene rings is 1. The van der Waals surface area contributed by atoms with Gasteiger partial charge in [0, 0.05) is 25.7 Å². The fraction of sp³-hybridized carbons (Fsp3) is 0.250. The quantitative estimate of drug-likeness (QED) is 0.407. The van der Waals surface area contributed by atoms with Gasteiger partial charge in [0.2, 0.25) is 0 Å². The summed E-state index contributed by atoms with van der Waals surface area (Å²) in [6.07, 6.45) is 0. The highest BCUT2D eigenvalue weighted by Crippen LogP contribution is 2.16. The standard InChI is InChI=1S/C16H19ClN4O2.HI/c1-19-16(20-9-12-7-8-14(23-12)15(18)22)21(2)10-11-5-3-4-6-13(11)17;/h3-8H,9-10H2,1-2H3,(H2,18,22)(H,19,20);1H. The maximum absolute atomic E-state index is 11.0. The van der Waals surface area contributed by atoms with Crippen molar-refractivity contribution in [2.75, 3.05) is 14.1 Å². The van der Waals surface area contributed by atoms with Crippen molar-refractivity contribution in [2.24, 2.45) is 10.7 Å². The van der Waals surface area contributed by atoms with Crippen molar-refractivity contribution in [3.8, 4) is 0 Å². The van der Waals surface area contributed by atoms with Gasteiger partial charge >= 0.3 is 0 Å². The van der Waals surface area contributed by atoms with Gasteiger partial charge in [-0.05, 0) is 23.8 Å². The zero-order valence-corrected chi connectivity index (χ0v) is 16.5. The summed E-state index contributed by atoms with van der Waals surface area (Å²) in [6.45, 7) is 1.01. The van der Waals surface area contributed by atoms with E-state index in [0.717, 1.165) is 5.56 Å². The second-order valence-electron chi connectivity index (χ2n) is 4.98. The van der Waals surface area contributed by atoms with Gasteiger partial charge in [0.15, 0.2) is 11.7 Å². The Bertz CT molecular complexity index is 718. The fourth-order valence-electron chi connectivity index (χ4n) is 2.11. The van der Waals surface area contributed by atoms with Gasteiger partial charge in [-0.15, -0.1) is 24.0 Å². The SMILES string of the molecule is CN=C(NCc1ccc(C(N)=O)o1)N(C)Cc1ccccc1Cl.I. The van der Waals surface area contributed by atoms with Crippen molar-refractivity contribution in [1.82, 2.24) is 10.2 Å². The number of hydrogen-bond acceptors (Lipinski definition) is 3. The molecular weight excluding hydrogens is 443 g/mol. The Morgan fingerprint density at radius 2 is 2.04 bits per heavy atom. The van der Waals surface area contributed by atoms with Crippen LogP contribution in [-0.4, -0.2) is 30.9 Å². The van der Waals surface area contributed by atoms with Gasteiger partial charge in [-0.1, -0.05) is 29.8 Å². The number of carbonyl (C=O) groups is 1. The number of nitrogens with two attached hydrogens (primary N) is 1. The number of furan rings is 1. The molecule has 0 spiro atoms. The second-order valence-corrected chi connectivity index (χ2v) is 5.39. The maximum Gasteiger partial charge on any atom is 0.284 e. The molecule has 0 aliphatic heterocycles. The van der Waals surface area contributed by atoms with E-state index in [2.05, 4.69) is 10.3 Å². The minimum Gasteiger partial charge on any atom is -0.454 e. The number of amides is 1. The molecule has 0 radical (unpaired) electrons. The van der Waals surface area contributed by atoms with Crippen molar-refractivity contribution >= 4 is 47.4 Å². The minimum absolute atomic E-state index is 0. The van der Waals surface area contributed by atoms with E-state index >= 15 is 0 Å². The van der Waals surface area contributed by atoms with Gasteiger partial charge in [-0.25, -0.2) is 0 Å². The Kier molecular flexibility index (Phi) is 8.06. The number of guanidine groups is 1. The number of aliphatic imine (C=N–C) groups is 1.